The Hall–Kier alpha value is -1.36. The van der Waals surface area contributed by atoms with Gasteiger partial charge in [-0.1, -0.05) is 26.1 Å². The van der Waals surface area contributed by atoms with Crippen LogP contribution in [0, 0.1) is 4.64 Å². The van der Waals surface area contributed by atoms with Crippen LogP contribution in [0.2, 0.25) is 0 Å². The largest absolute Gasteiger partial charge is 0.444 e. The first-order chi connectivity index (χ1) is 6.75. The maximum atomic E-state index is 10.8. The molecule has 14 heavy (non-hydrogen) atoms. The van der Waals surface area contributed by atoms with Crippen molar-refractivity contribution in [2.45, 2.75) is 20.5 Å². The van der Waals surface area contributed by atoms with Crippen molar-refractivity contribution in [1.82, 2.24) is 4.98 Å². The third kappa shape index (κ3) is 2.32. The highest BCUT2D eigenvalue weighted by molar-refractivity contribution is 7.71. The SMILES string of the molecule is CC.O=C1Nc2cc(=S)[nH]cc2CO1. The fourth-order valence-corrected chi connectivity index (χ4v) is 1.20. The molecule has 0 fully saturated rings. The van der Waals surface area contributed by atoms with Gasteiger partial charge in [-0.25, -0.2) is 4.79 Å². The smallest absolute Gasteiger partial charge is 0.411 e. The minimum atomic E-state index is -0.428. The number of carbonyl (C=O) groups is 1. The lowest BCUT2D eigenvalue weighted by atomic mass is 10.2. The van der Waals surface area contributed by atoms with Crippen molar-refractivity contribution in [3.05, 3.63) is 22.5 Å². The van der Waals surface area contributed by atoms with Crippen LogP contribution in [0.15, 0.2) is 12.3 Å². The second kappa shape index (κ2) is 4.76. The van der Waals surface area contributed by atoms with Crippen LogP contribution in [0.25, 0.3) is 0 Å². The molecule has 2 N–H and O–H groups in total. The number of nitrogens with one attached hydrogen (secondary N) is 2. The molecular weight excluding hydrogens is 200 g/mol. The fourth-order valence-electron chi connectivity index (χ4n) is 1.03. The second-order valence-corrected chi connectivity index (χ2v) is 2.88. The highest BCUT2D eigenvalue weighted by atomic mass is 32.1. The van der Waals surface area contributed by atoms with Gasteiger partial charge in [0.2, 0.25) is 0 Å². The van der Waals surface area contributed by atoms with E-state index in [4.69, 9.17) is 17.0 Å². The van der Waals surface area contributed by atoms with Gasteiger partial charge in [-0.2, -0.15) is 0 Å². The van der Waals surface area contributed by atoms with Gasteiger partial charge in [0.25, 0.3) is 0 Å². The summed E-state index contributed by atoms with van der Waals surface area (Å²) >= 11 is 4.89. The Morgan fingerprint density at radius 1 is 1.50 bits per heavy atom. The van der Waals surface area contributed by atoms with Crippen LogP contribution in [-0.2, 0) is 11.3 Å². The lowest BCUT2D eigenvalue weighted by Crippen LogP contribution is -2.20. The highest BCUT2D eigenvalue weighted by Gasteiger charge is 2.14. The molecular formula is C9H12N2O2S. The topological polar surface area (TPSA) is 54.1 Å². The molecule has 1 aliphatic heterocycles. The van der Waals surface area contributed by atoms with Crippen LogP contribution in [0.4, 0.5) is 10.5 Å². The molecule has 0 unspecified atom stereocenters. The van der Waals surface area contributed by atoms with Gasteiger partial charge in [0.15, 0.2) is 0 Å². The van der Waals surface area contributed by atoms with Gasteiger partial charge in [-0.3, -0.25) is 5.32 Å². The number of aromatic amines is 1. The molecule has 0 aromatic carbocycles. The predicted molar refractivity (Wildman–Crippen MR) is 56.8 cm³/mol. The molecule has 76 valence electrons. The molecule has 1 amide bonds. The van der Waals surface area contributed by atoms with Crippen molar-refractivity contribution in [2.24, 2.45) is 0 Å². The third-order valence-electron chi connectivity index (χ3n) is 1.61. The molecule has 5 heteroatoms. The zero-order valence-electron chi connectivity index (χ0n) is 8.09. The number of hydrogen-bond acceptors (Lipinski definition) is 3. The number of H-pyrrole nitrogens is 1. The molecule has 0 saturated heterocycles. The van der Waals surface area contributed by atoms with Crippen molar-refractivity contribution in [2.75, 3.05) is 5.32 Å². The molecule has 0 saturated carbocycles. The lowest BCUT2D eigenvalue weighted by Gasteiger charge is -2.16. The number of anilines is 1. The van der Waals surface area contributed by atoms with E-state index in [2.05, 4.69) is 10.3 Å². The first-order valence-electron chi connectivity index (χ1n) is 4.41. The highest BCUT2D eigenvalue weighted by Crippen LogP contribution is 2.19. The Balaban J connectivity index is 0.000000461. The number of ether oxygens (including phenoxy) is 1. The van der Waals surface area contributed by atoms with Crippen molar-refractivity contribution in [3.8, 4) is 0 Å². The summed E-state index contributed by atoms with van der Waals surface area (Å²) in [6.45, 7) is 4.30. The van der Waals surface area contributed by atoms with Crippen LogP contribution < -0.4 is 5.32 Å². The van der Waals surface area contributed by atoms with Crippen LogP contribution in [0.1, 0.15) is 19.4 Å². The predicted octanol–water partition coefficient (Wildman–Crippen LogP) is 2.83. The van der Waals surface area contributed by atoms with Crippen LogP contribution >= 0.6 is 12.2 Å². The zero-order valence-corrected chi connectivity index (χ0v) is 8.90. The molecule has 2 rings (SSSR count). The van der Waals surface area contributed by atoms with Gasteiger partial charge in [-0.05, 0) is 6.07 Å². The maximum absolute atomic E-state index is 10.8. The van der Waals surface area contributed by atoms with Gasteiger partial charge >= 0.3 is 6.09 Å². The average Bonchev–Trinajstić information content (AvgIpc) is 2.20. The van der Waals surface area contributed by atoms with E-state index in [-0.39, 0.29) is 0 Å². The van der Waals surface area contributed by atoms with E-state index in [0.717, 1.165) is 11.3 Å². The van der Waals surface area contributed by atoms with Gasteiger partial charge in [0, 0.05) is 11.8 Å². The Labute approximate surface area is 87.3 Å². The van der Waals surface area contributed by atoms with Crippen molar-refractivity contribution in [1.29, 1.82) is 0 Å². The number of cyclic esters (lactones) is 1. The van der Waals surface area contributed by atoms with Crippen molar-refractivity contribution in [3.63, 3.8) is 0 Å². The van der Waals surface area contributed by atoms with Gasteiger partial charge in [0.1, 0.15) is 11.2 Å². The fraction of sp³-hybridized carbons (Fsp3) is 0.333. The summed E-state index contributed by atoms with van der Waals surface area (Å²) in [5.41, 5.74) is 1.64. The van der Waals surface area contributed by atoms with E-state index < -0.39 is 6.09 Å². The average molecular weight is 212 g/mol. The quantitative estimate of drug-likeness (QED) is 0.650. The molecule has 0 spiro atoms. The standard InChI is InChI=1S/C7H6N2O2S.C2H6/c10-7-9-5-1-6(12)8-2-4(5)3-11-7;1-2/h1-2H,3H2,(H,8,12)(H,9,10);1-2H3. The summed E-state index contributed by atoms with van der Waals surface area (Å²) in [4.78, 5) is 13.6. The maximum Gasteiger partial charge on any atom is 0.411 e. The third-order valence-corrected chi connectivity index (χ3v) is 1.84. The number of amides is 1. The minimum absolute atomic E-state index is 0.299. The molecule has 1 aliphatic rings. The first kappa shape index (κ1) is 10.7. The molecule has 0 atom stereocenters. The Kier molecular flexibility index (Phi) is 3.64. The van der Waals surface area contributed by atoms with E-state index in [1.54, 1.807) is 12.3 Å². The molecule has 0 radical (unpaired) electrons. The monoisotopic (exact) mass is 212 g/mol. The molecule has 1 aromatic heterocycles. The Morgan fingerprint density at radius 2 is 2.21 bits per heavy atom. The minimum Gasteiger partial charge on any atom is -0.444 e. The Morgan fingerprint density at radius 3 is 2.93 bits per heavy atom. The number of rotatable bonds is 0. The zero-order chi connectivity index (χ0) is 10.6. The van der Waals surface area contributed by atoms with Gasteiger partial charge in [0.05, 0.1) is 5.69 Å². The molecule has 0 bridgehead atoms. The number of pyridine rings is 1. The second-order valence-electron chi connectivity index (χ2n) is 2.44. The summed E-state index contributed by atoms with van der Waals surface area (Å²) in [5, 5.41) is 2.55. The summed E-state index contributed by atoms with van der Waals surface area (Å²) in [6.07, 6.45) is 1.31. The van der Waals surface area contributed by atoms with Crippen LogP contribution in [0.5, 0.6) is 0 Å². The normalized spacial score (nSPS) is 12.9. The lowest BCUT2D eigenvalue weighted by molar-refractivity contribution is 0.151. The summed E-state index contributed by atoms with van der Waals surface area (Å²) < 4.78 is 5.33. The van der Waals surface area contributed by atoms with Crippen molar-refractivity contribution < 1.29 is 9.53 Å². The number of hydrogen-bond donors (Lipinski definition) is 2. The number of fused-ring (bicyclic) bond motifs is 1. The molecule has 0 aliphatic carbocycles. The van der Waals surface area contributed by atoms with E-state index in [9.17, 15) is 4.79 Å². The molecule has 2 heterocycles. The van der Waals surface area contributed by atoms with E-state index >= 15 is 0 Å². The van der Waals surface area contributed by atoms with Crippen LogP contribution in [-0.4, -0.2) is 11.1 Å². The van der Waals surface area contributed by atoms with E-state index in [1.807, 2.05) is 13.8 Å². The van der Waals surface area contributed by atoms with Gasteiger partial charge < -0.3 is 9.72 Å². The molecule has 4 nitrogen and oxygen atoms in total. The van der Waals surface area contributed by atoms with Gasteiger partial charge in [-0.15, -0.1) is 0 Å². The summed E-state index contributed by atoms with van der Waals surface area (Å²) in [5.74, 6) is 0. The molecule has 1 aromatic rings. The van der Waals surface area contributed by atoms with E-state index in [1.165, 1.54) is 0 Å². The van der Waals surface area contributed by atoms with Crippen LogP contribution in [0.3, 0.4) is 0 Å². The first-order valence-corrected chi connectivity index (χ1v) is 4.82. The summed E-state index contributed by atoms with van der Waals surface area (Å²) in [7, 11) is 0. The summed E-state index contributed by atoms with van der Waals surface area (Å²) in [6, 6.07) is 1.70. The number of carbonyl (C=O) groups excluding carboxylic acids is 1. The number of aromatic nitrogens is 1. The Bertz CT molecular complexity index is 387. The van der Waals surface area contributed by atoms with E-state index in [0.29, 0.717) is 11.2 Å². The van der Waals surface area contributed by atoms with Crippen molar-refractivity contribution >= 4 is 24.0 Å².